The number of carbonyl (C=O) groups is 1. The molecule has 0 atom stereocenters. The van der Waals surface area contributed by atoms with E-state index in [1.807, 2.05) is 22.6 Å². The lowest BCUT2D eigenvalue weighted by Gasteiger charge is -2.26. The second-order valence-electron chi connectivity index (χ2n) is 3.80. The molecule has 6 heteroatoms. The van der Waals surface area contributed by atoms with Crippen LogP contribution in [0.3, 0.4) is 0 Å². The van der Waals surface area contributed by atoms with Crippen LogP contribution < -0.4 is 5.73 Å². The van der Waals surface area contributed by atoms with Crippen LogP contribution in [0.1, 0.15) is 42.7 Å². The highest BCUT2D eigenvalue weighted by Crippen LogP contribution is 2.35. The van der Waals surface area contributed by atoms with Crippen LogP contribution in [0.5, 0.6) is 0 Å². The van der Waals surface area contributed by atoms with E-state index >= 15 is 0 Å². The molecule has 0 aliphatic heterocycles. The van der Waals surface area contributed by atoms with E-state index < -0.39 is 5.97 Å². The lowest BCUT2D eigenvalue weighted by Crippen LogP contribution is -2.20. The van der Waals surface area contributed by atoms with Crippen molar-refractivity contribution >= 4 is 34.4 Å². The lowest BCUT2D eigenvalue weighted by atomic mass is 9.93. The Bertz CT molecular complexity index is 412. The second kappa shape index (κ2) is 4.60. The first-order valence-electron chi connectivity index (χ1n) is 5.35. The van der Waals surface area contributed by atoms with E-state index in [4.69, 9.17) is 10.5 Å². The van der Waals surface area contributed by atoms with Gasteiger partial charge in [0.05, 0.1) is 16.2 Å². The summed E-state index contributed by atoms with van der Waals surface area (Å²) in [6.45, 7) is 2.13. The molecule has 5 nitrogen and oxygen atoms in total. The number of hydrogen-bond acceptors (Lipinski definition) is 4. The SMILES string of the molecule is CCOC(=O)c1nn(C2CCC2)c(N)c1I. The van der Waals surface area contributed by atoms with E-state index in [0.29, 0.717) is 27.7 Å². The van der Waals surface area contributed by atoms with E-state index in [-0.39, 0.29) is 0 Å². The monoisotopic (exact) mass is 335 g/mol. The zero-order valence-corrected chi connectivity index (χ0v) is 11.2. The summed E-state index contributed by atoms with van der Waals surface area (Å²) in [4.78, 5) is 11.6. The molecule has 0 radical (unpaired) electrons. The first-order chi connectivity index (χ1) is 7.65. The van der Waals surface area contributed by atoms with Gasteiger partial charge in [0.15, 0.2) is 5.69 Å². The lowest BCUT2D eigenvalue weighted by molar-refractivity contribution is 0.0516. The molecule has 16 heavy (non-hydrogen) atoms. The van der Waals surface area contributed by atoms with Gasteiger partial charge in [-0.1, -0.05) is 0 Å². The molecule has 1 saturated carbocycles. The van der Waals surface area contributed by atoms with Crippen LogP contribution in [0, 0.1) is 3.57 Å². The van der Waals surface area contributed by atoms with Crippen molar-refractivity contribution in [2.45, 2.75) is 32.2 Å². The zero-order valence-electron chi connectivity index (χ0n) is 9.07. The van der Waals surface area contributed by atoms with E-state index in [9.17, 15) is 4.79 Å². The minimum Gasteiger partial charge on any atom is -0.461 e. The number of nitrogen functional groups attached to an aromatic ring is 1. The number of anilines is 1. The van der Waals surface area contributed by atoms with Gasteiger partial charge in [-0.05, 0) is 48.8 Å². The van der Waals surface area contributed by atoms with Crippen molar-refractivity contribution in [1.82, 2.24) is 9.78 Å². The molecule has 0 unspecified atom stereocenters. The Balaban J connectivity index is 2.29. The van der Waals surface area contributed by atoms with Crippen molar-refractivity contribution in [1.29, 1.82) is 0 Å². The average molecular weight is 335 g/mol. The summed E-state index contributed by atoms with van der Waals surface area (Å²) in [7, 11) is 0. The third-order valence-electron chi connectivity index (χ3n) is 2.78. The summed E-state index contributed by atoms with van der Waals surface area (Å²) in [6, 6.07) is 0.358. The first-order valence-corrected chi connectivity index (χ1v) is 6.43. The Hall–Kier alpha value is -0.790. The maximum absolute atomic E-state index is 11.6. The van der Waals surface area contributed by atoms with Gasteiger partial charge in [0.2, 0.25) is 0 Å². The molecule has 88 valence electrons. The van der Waals surface area contributed by atoms with E-state index in [0.717, 1.165) is 12.8 Å². The molecule has 2 rings (SSSR count). The second-order valence-corrected chi connectivity index (χ2v) is 4.88. The Morgan fingerprint density at radius 1 is 1.69 bits per heavy atom. The fourth-order valence-corrected chi connectivity index (χ4v) is 2.24. The van der Waals surface area contributed by atoms with Gasteiger partial charge < -0.3 is 10.5 Å². The van der Waals surface area contributed by atoms with E-state index in [2.05, 4.69) is 5.10 Å². The highest BCUT2D eigenvalue weighted by atomic mass is 127. The Morgan fingerprint density at radius 3 is 2.88 bits per heavy atom. The van der Waals surface area contributed by atoms with Gasteiger partial charge in [-0.3, -0.25) is 0 Å². The molecule has 0 bridgehead atoms. The fraction of sp³-hybridized carbons (Fsp3) is 0.600. The minimum absolute atomic E-state index is 0.340. The smallest absolute Gasteiger partial charge is 0.360 e. The molecule has 0 aromatic carbocycles. The van der Waals surface area contributed by atoms with E-state index in [1.54, 1.807) is 11.6 Å². The fourth-order valence-electron chi connectivity index (χ4n) is 1.67. The number of nitrogens with two attached hydrogens (primary N) is 1. The van der Waals surface area contributed by atoms with Gasteiger partial charge in [0, 0.05) is 0 Å². The number of rotatable bonds is 3. The number of ether oxygens (including phenoxy) is 1. The molecular formula is C10H14IN3O2. The summed E-state index contributed by atoms with van der Waals surface area (Å²) >= 11 is 2.05. The van der Waals surface area contributed by atoms with Crippen molar-refractivity contribution in [3.8, 4) is 0 Å². The van der Waals surface area contributed by atoms with Crippen molar-refractivity contribution < 1.29 is 9.53 Å². The van der Waals surface area contributed by atoms with Crippen molar-refractivity contribution in [3.63, 3.8) is 0 Å². The van der Waals surface area contributed by atoms with Crippen LogP contribution in [0.15, 0.2) is 0 Å². The Labute approximate surface area is 107 Å². The predicted octanol–water partition coefficient (Wildman–Crippen LogP) is 1.97. The van der Waals surface area contributed by atoms with Crippen LogP contribution in [0.4, 0.5) is 5.82 Å². The molecule has 1 aliphatic carbocycles. The molecule has 1 heterocycles. The minimum atomic E-state index is -0.392. The highest BCUT2D eigenvalue weighted by molar-refractivity contribution is 14.1. The normalized spacial score (nSPS) is 15.9. The number of esters is 1. The summed E-state index contributed by atoms with van der Waals surface area (Å²) in [5, 5.41) is 4.26. The Kier molecular flexibility index (Phi) is 3.36. The van der Waals surface area contributed by atoms with Gasteiger partial charge in [0.1, 0.15) is 5.82 Å². The maximum atomic E-state index is 11.6. The molecule has 0 spiro atoms. The van der Waals surface area contributed by atoms with Crippen LogP contribution in [0.25, 0.3) is 0 Å². The third kappa shape index (κ3) is 1.90. The van der Waals surface area contributed by atoms with Crippen molar-refractivity contribution in [2.24, 2.45) is 0 Å². The predicted molar refractivity (Wildman–Crippen MR) is 68.2 cm³/mol. The molecule has 1 fully saturated rings. The number of carbonyl (C=O) groups excluding carboxylic acids is 1. The Morgan fingerprint density at radius 2 is 2.38 bits per heavy atom. The standard InChI is InChI=1S/C10H14IN3O2/c1-2-16-10(15)8-7(11)9(12)14(13-8)6-4-3-5-6/h6H,2-5,12H2,1H3. The van der Waals surface area contributed by atoms with Gasteiger partial charge in [-0.25, -0.2) is 9.48 Å². The molecular weight excluding hydrogens is 321 g/mol. The topological polar surface area (TPSA) is 70.1 Å². The largest absolute Gasteiger partial charge is 0.461 e. The zero-order chi connectivity index (χ0) is 11.7. The molecule has 1 aliphatic rings. The van der Waals surface area contributed by atoms with Gasteiger partial charge in [-0.15, -0.1) is 0 Å². The van der Waals surface area contributed by atoms with Crippen LogP contribution in [-0.2, 0) is 4.74 Å². The summed E-state index contributed by atoms with van der Waals surface area (Å²) in [6.07, 6.45) is 3.38. The molecule has 0 saturated heterocycles. The summed E-state index contributed by atoms with van der Waals surface area (Å²) in [5.41, 5.74) is 6.27. The van der Waals surface area contributed by atoms with E-state index in [1.165, 1.54) is 6.42 Å². The third-order valence-corrected chi connectivity index (χ3v) is 3.84. The van der Waals surface area contributed by atoms with Crippen molar-refractivity contribution in [3.05, 3.63) is 9.26 Å². The number of hydrogen-bond donors (Lipinski definition) is 1. The maximum Gasteiger partial charge on any atom is 0.360 e. The molecule has 1 aromatic rings. The van der Waals surface area contributed by atoms with Crippen molar-refractivity contribution in [2.75, 3.05) is 12.3 Å². The molecule has 2 N–H and O–H groups in total. The summed E-state index contributed by atoms with van der Waals surface area (Å²) < 4.78 is 7.39. The van der Waals surface area contributed by atoms with Gasteiger partial charge in [-0.2, -0.15) is 5.10 Å². The molecule has 1 aromatic heterocycles. The average Bonchev–Trinajstić information content (AvgIpc) is 2.44. The van der Waals surface area contributed by atoms with Crippen LogP contribution >= 0.6 is 22.6 Å². The first kappa shape index (κ1) is 11.7. The number of halogens is 1. The summed E-state index contributed by atoms with van der Waals surface area (Å²) in [5.74, 6) is 0.185. The van der Waals surface area contributed by atoms with Crippen LogP contribution in [0.2, 0.25) is 0 Å². The van der Waals surface area contributed by atoms with Gasteiger partial charge in [0.25, 0.3) is 0 Å². The number of aromatic nitrogens is 2. The number of nitrogens with zero attached hydrogens (tertiary/aromatic N) is 2. The molecule has 0 amide bonds. The van der Waals surface area contributed by atoms with Gasteiger partial charge >= 0.3 is 5.97 Å². The quantitative estimate of drug-likeness (QED) is 0.677. The highest BCUT2D eigenvalue weighted by Gasteiger charge is 2.27. The van der Waals surface area contributed by atoms with Crippen LogP contribution in [-0.4, -0.2) is 22.4 Å².